The second-order valence-corrected chi connectivity index (χ2v) is 6.76. The molecule has 0 bridgehead atoms. The molecule has 1 aliphatic heterocycles. The van der Waals surface area contributed by atoms with E-state index in [-0.39, 0.29) is 13.2 Å². The molecular weight excluding hydrogens is 312 g/mol. The van der Waals surface area contributed by atoms with E-state index in [0.717, 1.165) is 19.5 Å². The summed E-state index contributed by atoms with van der Waals surface area (Å²) in [7, 11) is 0. The molecule has 0 saturated carbocycles. The van der Waals surface area contributed by atoms with Gasteiger partial charge in [-0.1, -0.05) is 48.6 Å². The lowest BCUT2D eigenvalue weighted by molar-refractivity contribution is 0.104. The van der Waals surface area contributed by atoms with Gasteiger partial charge in [-0.25, -0.2) is 0 Å². The van der Waals surface area contributed by atoms with Gasteiger partial charge < -0.3 is 20.4 Å². The van der Waals surface area contributed by atoms with E-state index in [1.165, 1.54) is 22.5 Å². The molecule has 0 radical (unpaired) electrons. The highest BCUT2D eigenvalue weighted by Crippen LogP contribution is 2.35. The van der Waals surface area contributed by atoms with Crippen molar-refractivity contribution in [3.8, 4) is 0 Å². The van der Waals surface area contributed by atoms with Crippen molar-refractivity contribution in [2.24, 2.45) is 0 Å². The van der Waals surface area contributed by atoms with E-state index in [2.05, 4.69) is 70.9 Å². The van der Waals surface area contributed by atoms with Crippen LogP contribution in [0.1, 0.15) is 24.5 Å². The summed E-state index contributed by atoms with van der Waals surface area (Å²) in [6, 6.07) is 16.8. The molecule has 0 unspecified atom stereocenters. The lowest BCUT2D eigenvalue weighted by Gasteiger charge is -2.29. The first kappa shape index (κ1) is 17.7. The van der Waals surface area contributed by atoms with Crippen molar-refractivity contribution < 1.29 is 10.2 Å². The molecule has 1 aliphatic rings. The quantitative estimate of drug-likeness (QED) is 0.679. The molecule has 0 spiro atoms. The van der Waals surface area contributed by atoms with Gasteiger partial charge in [-0.05, 0) is 43.1 Å². The number of nitrogens with one attached hydrogen (secondary N) is 1. The van der Waals surface area contributed by atoms with Crippen molar-refractivity contribution >= 4 is 23.5 Å². The number of fused-ring (bicyclic) bond motifs is 2. The number of aliphatic hydroxyl groups is 2. The lowest BCUT2D eigenvalue weighted by atomic mass is 10.1. The number of para-hydroxylation sites is 2. The number of hydrogen-bond donors (Lipinski definition) is 3. The minimum Gasteiger partial charge on any atom is -0.394 e. The Hall–Kier alpha value is -2.14. The fourth-order valence-corrected chi connectivity index (χ4v) is 3.09. The van der Waals surface area contributed by atoms with E-state index in [0.29, 0.717) is 0 Å². The maximum Gasteiger partial charge on any atom is 0.0633 e. The maximum atomic E-state index is 9.39. The summed E-state index contributed by atoms with van der Waals surface area (Å²) < 4.78 is 0. The zero-order chi connectivity index (χ0) is 17.7. The Morgan fingerprint density at radius 3 is 1.92 bits per heavy atom. The van der Waals surface area contributed by atoms with Gasteiger partial charge in [0.15, 0.2) is 0 Å². The van der Waals surface area contributed by atoms with Gasteiger partial charge >= 0.3 is 0 Å². The second-order valence-electron chi connectivity index (χ2n) is 6.76. The largest absolute Gasteiger partial charge is 0.394 e. The van der Waals surface area contributed by atoms with E-state index in [4.69, 9.17) is 0 Å². The Morgan fingerprint density at radius 1 is 0.880 bits per heavy atom. The predicted molar refractivity (Wildman–Crippen MR) is 104 cm³/mol. The van der Waals surface area contributed by atoms with Gasteiger partial charge in [0.25, 0.3) is 0 Å². The third-order valence-corrected chi connectivity index (χ3v) is 4.71. The fraction of sp³-hybridized carbons (Fsp3) is 0.333. The molecule has 25 heavy (non-hydrogen) atoms. The zero-order valence-corrected chi connectivity index (χ0v) is 14.7. The van der Waals surface area contributed by atoms with E-state index >= 15 is 0 Å². The summed E-state index contributed by atoms with van der Waals surface area (Å²) in [5.41, 5.74) is 4.20. The highest BCUT2D eigenvalue weighted by molar-refractivity contribution is 5.88. The minimum absolute atomic E-state index is 0.0806. The van der Waals surface area contributed by atoms with Crippen LogP contribution in [0.4, 0.5) is 11.4 Å². The third-order valence-electron chi connectivity index (χ3n) is 4.71. The number of benzene rings is 2. The normalized spacial score (nSPS) is 13.3. The van der Waals surface area contributed by atoms with Gasteiger partial charge in [0.05, 0.1) is 18.8 Å². The van der Waals surface area contributed by atoms with Crippen LogP contribution in [-0.2, 0) is 0 Å². The van der Waals surface area contributed by atoms with E-state index in [1.54, 1.807) is 0 Å². The molecular formula is C21H26N2O2. The van der Waals surface area contributed by atoms with Crippen LogP contribution in [0.25, 0.3) is 12.2 Å². The number of nitrogens with zero attached hydrogens (tertiary/aromatic N) is 1. The van der Waals surface area contributed by atoms with Crippen molar-refractivity contribution in [1.29, 1.82) is 0 Å². The number of rotatable bonds is 7. The maximum absolute atomic E-state index is 9.39. The van der Waals surface area contributed by atoms with Crippen LogP contribution in [0.3, 0.4) is 0 Å². The van der Waals surface area contributed by atoms with Gasteiger partial charge in [0.1, 0.15) is 0 Å². The van der Waals surface area contributed by atoms with Gasteiger partial charge in [0, 0.05) is 17.9 Å². The predicted octanol–water partition coefficient (Wildman–Crippen LogP) is 3.03. The Morgan fingerprint density at radius 2 is 1.40 bits per heavy atom. The summed E-state index contributed by atoms with van der Waals surface area (Å²) >= 11 is 0. The molecule has 3 N–H and O–H groups in total. The molecule has 4 heteroatoms. The molecule has 1 heterocycles. The Labute approximate surface area is 149 Å². The van der Waals surface area contributed by atoms with Crippen molar-refractivity contribution in [3.05, 3.63) is 59.7 Å². The topological polar surface area (TPSA) is 55.7 Å². The van der Waals surface area contributed by atoms with Crippen LogP contribution in [0.2, 0.25) is 0 Å². The lowest BCUT2D eigenvalue weighted by Crippen LogP contribution is -2.49. The highest BCUT2D eigenvalue weighted by atomic mass is 16.3. The summed E-state index contributed by atoms with van der Waals surface area (Å²) in [6.07, 6.45) is 5.24. The monoisotopic (exact) mass is 338 g/mol. The van der Waals surface area contributed by atoms with Gasteiger partial charge in [0.2, 0.25) is 0 Å². The van der Waals surface area contributed by atoms with Gasteiger partial charge in [-0.2, -0.15) is 0 Å². The summed E-state index contributed by atoms with van der Waals surface area (Å²) in [4.78, 5) is 2.35. The first-order chi connectivity index (χ1) is 12.2. The molecule has 0 amide bonds. The van der Waals surface area contributed by atoms with E-state index < -0.39 is 5.54 Å². The summed E-state index contributed by atoms with van der Waals surface area (Å²) in [5, 5.41) is 22.0. The van der Waals surface area contributed by atoms with Crippen LogP contribution in [0, 0.1) is 0 Å². The first-order valence-corrected chi connectivity index (χ1v) is 8.77. The number of aliphatic hydroxyl groups excluding tert-OH is 2. The van der Waals surface area contributed by atoms with E-state index in [9.17, 15) is 10.2 Å². The molecule has 132 valence electrons. The van der Waals surface area contributed by atoms with Crippen LogP contribution in [-0.4, -0.2) is 42.1 Å². The third kappa shape index (κ3) is 3.93. The van der Waals surface area contributed by atoms with Crippen LogP contribution in [0.15, 0.2) is 48.5 Å². The van der Waals surface area contributed by atoms with E-state index in [1.807, 2.05) is 6.92 Å². The zero-order valence-electron chi connectivity index (χ0n) is 14.7. The molecule has 2 aromatic carbocycles. The molecule has 0 aliphatic carbocycles. The molecule has 0 aromatic heterocycles. The Bertz CT molecular complexity index is 689. The molecule has 4 nitrogen and oxygen atoms in total. The SMILES string of the molecule is CC(CO)(CO)NCCCN1c2ccccc2C=Cc2ccccc21. The van der Waals surface area contributed by atoms with Gasteiger partial charge in [-0.15, -0.1) is 0 Å². The van der Waals surface area contributed by atoms with Crippen molar-refractivity contribution in [2.75, 3.05) is 31.2 Å². The highest BCUT2D eigenvalue weighted by Gasteiger charge is 2.21. The smallest absolute Gasteiger partial charge is 0.0633 e. The van der Waals surface area contributed by atoms with Crippen molar-refractivity contribution in [2.45, 2.75) is 18.9 Å². The number of anilines is 2. The molecule has 0 fully saturated rings. The van der Waals surface area contributed by atoms with Gasteiger partial charge in [-0.3, -0.25) is 0 Å². The molecule has 3 rings (SSSR count). The average molecular weight is 338 g/mol. The first-order valence-electron chi connectivity index (χ1n) is 8.77. The second kappa shape index (κ2) is 7.83. The molecule has 0 atom stereocenters. The van der Waals surface area contributed by atoms with Crippen LogP contribution < -0.4 is 10.2 Å². The average Bonchev–Trinajstić information content (AvgIpc) is 2.82. The van der Waals surface area contributed by atoms with Crippen LogP contribution in [0.5, 0.6) is 0 Å². The van der Waals surface area contributed by atoms with Crippen LogP contribution >= 0.6 is 0 Å². The van der Waals surface area contributed by atoms with Crippen molar-refractivity contribution in [3.63, 3.8) is 0 Å². The minimum atomic E-state index is -0.629. The van der Waals surface area contributed by atoms with Crippen molar-refractivity contribution in [1.82, 2.24) is 5.32 Å². The summed E-state index contributed by atoms with van der Waals surface area (Å²) in [5.74, 6) is 0. The Balaban J connectivity index is 1.77. The number of hydrogen-bond acceptors (Lipinski definition) is 4. The molecule has 2 aromatic rings. The fourth-order valence-electron chi connectivity index (χ4n) is 3.09. The Kier molecular flexibility index (Phi) is 5.53. The molecule has 0 saturated heterocycles. The summed E-state index contributed by atoms with van der Waals surface area (Å²) in [6.45, 7) is 3.25. The standard InChI is InChI=1S/C21H26N2O2/c1-21(15-24,16-25)22-13-6-14-23-19-9-4-2-7-17(19)11-12-18-8-3-5-10-20(18)23/h2-5,7-12,22,24-25H,6,13-16H2,1H3.